The number of hydrogen-bond acceptors (Lipinski definition) is 5. The first kappa shape index (κ1) is 12.0. The number of nitrogens with two attached hydrogens (primary N) is 2. The summed E-state index contributed by atoms with van der Waals surface area (Å²) < 4.78 is 0. The molecule has 0 spiro atoms. The highest BCUT2D eigenvalue weighted by atomic mass is 28.4. The Morgan fingerprint density at radius 1 is 1.17 bits per heavy atom. The van der Waals surface area contributed by atoms with Gasteiger partial charge in [-0.05, 0) is 25.8 Å². The summed E-state index contributed by atoms with van der Waals surface area (Å²) in [7, 11) is -3.87. The zero-order valence-corrected chi connectivity index (χ0v) is 8.11. The van der Waals surface area contributed by atoms with Gasteiger partial charge in [0.25, 0.3) is 0 Å². The van der Waals surface area contributed by atoms with Crippen LogP contribution in [0, 0.1) is 0 Å². The van der Waals surface area contributed by atoms with E-state index >= 15 is 0 Å². The van der Waals surface area contributed by atoms with E-state index in [-0.39, 0.29) is 12.1 Å². The zero-order valence-electron chi connectivity index (χ0n) is 7.11. The van der Waals surface area contributed by atoms with Crippen LogP contribution in [-0.4, -0.2) is 35.8 Å². The molecule has 0 aliphatic rings. The smallest absolute Gasteiger partial charge is 0.390 e. The highest BCUT2D eigenvalue weighted by Gasteiger charge is 2.26. The van der Waals surface area contributed by atoms with Crippen LogP contribution in [-0.2, 0) is 0 Å². The summed E-state index contributed by atoms with van der Waals surface area (Å²) in [5.41, 5.74) is 10.9. The van der Waals surface area contributed by atoms with Gasteiger partial charge in [0.1, 0.15) is 0 Å². The van der Waals surface area contributed by atoms with E-state index in [2.05, 4.69) is 0 Å². The van der Waals surface area contributed by atoms with Gasteiger partial charge in [0.2, 0.25) is 0 Å². The first-order valence-electron chi connectivity index (χ1n) is 4.08. The Morgan fingerprint density at radius 3 is 2.17 bits per heavy atom. The number of rotatable bonds is 6. The van der Waals surface area contributed by atoms with Gasteiger partial charge in [-0.25, -0.2) is 0 Å². The average Bonchev–Trinajstić information content (AvgIpc) is 1.95. The summed E-state index contributed by atoms with van der Waals surface area (Å²) in [5, 5.41) is 0. The molecular formula is C6H18N2O3Si. The van der Waals surface area contributed by atoms with Gasteiger partial charge in [0, 0.05) is 12.1 Å². The molecule has 0 bridgehead atoms. The van der Waals surface area contributed by atoms with Crippen LogP contribution < -0.4 is 11.5 Å². The lowest BCUT2D eigenvalue weighted by Crippen LogP contribution is -2.36. The lowest BCUT2D eigenvalue weighted by atomic mass is 10.1. The summed E-state index contributed by atoms with van der Waals surface area (Å²) in [6, 6.07) is -0.0782. The Balaban J connectivity index is 3.37. The molecule has 0 saturated heterocycles. The molecule has 0 aromatic rings. The number of hydrogen-bond donors (Lipinski definition) is 5. The molecule has 0 rings (SSSR count). The maximum absolute atomic E-state index is 8.66. The molecule has 74 valence electrons. The molecule has 0 aromatic heterocycles. The van der Waals surface area contributed by atoms with E-state index in [1.54, 1.807) is 0 Å². The van der Waals surface area contributed by atoms with Crippen LogP contribution in [0.3, 0.4) is 0 Å². The van der Waals surface area contributed by atoms with Crippen molar-refractivity contribution < 1.29 is 14.4 Å². The summed E-state index contributed by atoms with van der Waals surface area (Å²) in [4.78, 5) is 26.0. The molecule has 0 amide bonds. The molecule has 0 aromatic carbocycles. The van der Waals surface area contributed by atoms with Crippen molar-refractivity contribution in [3.8, 4) is 0 Å². The van der Waals surface area contributed by atoms with Gasteiger partial charge in [-0.15, -0.1) is 0 Å². The second kappa shape index (κ2) is 5.63. The topological polar surface area (TPSA) is 113 Å². The van der Waals surface area contributed by atoms with Crippen LogP contribution in [0.4, 0.5) is 0 Å². The summed E-state index contributed by atoms with van der Waals surface area (Å²) in [6.07, 6.45) is 2.04. The van der Waals surface area contributed by atoms with Gasteiger partial charge in [-0.3, -0.25) is 0 Å². The third-order valence-electron chi connectivity index (χ3n) is 1.63. The van der Waals surface area contributed by atoms with E-state index in [0.29, 0.717) is 13.0 Å². The molecule has 0 heterocycles. The third kappa shape index (κ3) is 8.12. The van der Waals surface area contributed by atoms with Crippen LogP contribution in [0.2, 0.25) is 6.04 Å². The molecule has 5 nitrogen and oxygen atoms in total. The fourth-order valence-corrected chi connectivity index (χ4v) is 1.66. The molecular weight excluding hydrogens is 176 g/mol. The van der Waals surface area contributed by atoms with Crippen molar-refractivity contribution in [2.75, 3.05) is 6.54 Å². The van der Waals surface area contributed by atoms with Gasteiger partial charge >= 0.3 is 8.80 Å². The van der Waals surface area contributed by atoms with Gasteiger partial charge in [-0.1, -0.05) is 0 Å². The minimum atomic E-state index is -3.87. The van der Waals surface area contributed by atoms with Crippen molar-refractivity contribution in [2.45, 2.75) is 31.3 Å². The maximum Gasteiger partial charge on any atom is 0.492 e. The summed E-state index contributed by atoms with van der Waals surface area (Å²) in [6.45, 7) is 0.591. The molecule has 7 N–H and O–H groups in total. The van der Waals surface area contributed by atoms with Crippen LogP contribution in [0.25, 0.3) is 0 Å². The van der Waals surface area contributed by atoms with E-state index in [4.69, 9.17) is 25.9 Å². The molecule has 0 saturated carbocycles. The third-order valence-corrected chi connectivity index (χ3v) is 2.59. The fourth-order valence-electron chi connectivity index (χ4n) is 0.903. The van der Waals surface area contributed by atoms with Crippen molar-refractivity contribution in [3.63, 3.8) is 0 Å². The highest BCUT2D eigenvalue weighted by Crippen LogP contribution is 2.07. The second-order valence-electron chi connectivity index (χ2n) is 3.00. The molecule has 6 heteroatoms. The average molecular weight is 194 g/mol. The van der Waals surface area contributed by atoms with Crippen LogP contribution in [0.15, 0.2) is 0 Å². The minimum Gasteiger partial charge on any atom is -0.390 e. The quantitative estimate of drug-likeness (QED) is 0.325. The zero-order chi connectivity index (χ0) is 9.61. The predicted molar refractivity (Wildman–Crippen MR) is 48.1 cm³/mol. The normalized spacial score (nSPS) is 14.8. The lowest BCUT2D eigenvalue weighted by molar-refractivity contribution is 0.224. The van der Waals surface area contributed by atoms with Crippen molar-refractivity contribution >= 4 is 8.80 Å². The molecule has 0 aliphatic carbocycles. The molecule has 1 atom stereocenters. The second-order valence-corrected chi connectivity index (χ2v) is 5.05. The Morgan fingerprint density at radius 2 is 1.75 bits per heavy atom. The van der Waals surface area contributed by atoms with Gasteiger partial charge in [-0.2, -0.15) is 0 Å². The van der Waals surface area contributed by atoms with Gasteiger partial charge < -0.3 is 25.9 Å². The van der Waals surface area contributed by atoms with E-state index in [1.165, 1.54) is 0 Å². The highest BCUT2D eigenvalue weighted by molar-refractivity contribution is 6.56. The Kier molecular flexibility index (Phi) is 5.63. The van der Waals surface area contributed by atoms with E-state index in [1.807, 2.05) is 0 Å². The van der Waals surface area contributed by atoms with Crippen molar-refractivity contribution in [3.05, 3.63) is 0 Å². The van der Waals surface area contributed by atoms with E-state index in [9.17, 15) is 0 Å². The van der Waals surface area contributed by atoms with Crippen LogP contribution >= 0.6 is 0 Å². The maximum atomic E-state index is 8.66. The van der Waals surface area contributed by atoms with Gasteiger partial charge in [0.05, 0.1) is 0 Å². The standard InChI is InChI=1S/C6H18N2O3Si/c7-4-1-2-6(8)3-5-12(9,10)11/h6,9-11H,1-5,7-8H2. The predicted octanol–water partition coefficient (Wildman–Crippen LogP) is -1.64. The van der Waals surface area contributed by atoms with Crippen LogP contribution in [0.1, 0.15) is 19.3 Å². The Bertz CT molecular complexity index is 118. The Hall–Kier alpha value is 0.0169. The minimum absolute atomic E-state index is 0.0126. The molecule has 0 aliphatic heterocycles. The van der Waals surface area contributed by atoms with Crippen molar-refractivity contribution in [1.82, 2.24) is 0 Å². The van der Waals surface area contributed by atoms with E-state index in [0.717, 1.165) is 12.8 Å². The first-order valence-corrected chi connectivity index (χ1v) is 6.13. The largest absolute Gasteiger partial charge is 0.492 e. The first-order chi connectivity index (χ1) is 5.45. The fraction of sp³-hybridized carbons (Fsp3) is 1.00. The van der Waals surface area contributed by atoms with Crippen molar-refractivity contribution in [1.29, 1.82) is 0 Å². The van der Waals surface area contributed by atoms with Gasteiger partial charge in [0.15, 0.2) is 0 Å². The molecule has 0 radical (unpaired) electrons. The van der Waals surface area contributed by atoms with Crippen LogP contribution in [0.5, 0.6) is 0 Å². The SMILES string of the molecule is NCCCC(N)CC[Si](O)(O)O. The Labute approximate surface area is 73.4 Å². The summed E-state index contributed by atoms with van der Waals surface area (Å²) >= 11 is 0. The van der Waals surface area contributed by atoms with E-state index < -0.39 is 8.80 Å². The summed E-state index contributed by atoms with van der Waals surface area (Å²) in [5.74, 6) is 0. The lowest BCUT2D eigenvalue weighted by Gasteiger charge is -2.13. The monoisotopic (exact) mass is 194 g/mol. The molecule has 1 unspecified atom stereocenters. The molecule has 12 heavy (non-hydrogen) atoms. The molecule has 0 fully saturated rings. The van der Waals surface area contributed by atoms with Crippen molar-refractivity contribution in [2.24, 2.45) is 11.5 Å².